The Balaban J connectivity index is 1.82. The van der Waals surface area contributed by atoms with Crippen molar-refractivity contribution in [3.8, 4) is 0 Å². The molecule has 0 saturated carbocycles. The zero-order valence-electron chi connectivity index (χ0n) is 14.0. The second-order valence-electron chi connectivity index (χ2n) is 6.34. The Hall–Kier alpha value is -2.75. The molecule has 3 N–H and O–H groups in total. The Bertz CT molecular complexity index is 862. The molecule has 0 saturated heterocycles. The van der Waals surface area contributed by atoms with Gasteiger partial charge in [0.15, 0.2) is 0 Å². The summed E-state index contributed by atoms with van der Waals surface area (Å²) in [5.74, 6) is 0. The lowest BCUT2D eigenvalue weighted by atomic mass is 10.1. The maximum atomic E-state index is 12.9. The van der Waals surface area contributed by atoms with Crippen LogP contribution in [0.5, 0.6) is 0 Å². The number of urea groups is 1. The fourth-order valence-electron chi connectivity index (χ4n) is 3.08. The Morgan fingerprint density at radius 2 is 1.54 bits per heavy atom. The number of rotatable bonds is 2. The minimum Gasteiger partial charge on any atom is -0.390 e. The first-order chi connectivity index (χ1) is 12.9. The molecule has 28 heavy (non-hydrogen) atoms. The van der Waals surface area contributed by atoms with Crippen LogP contribution >= 0.6 is 0 Å². The lowest BCUT2D eigenvalue weighted by molar-refractivity contribution is -0.143. The maximum absolute atomic E-state index is 12.9. The summed E-state index contributed by atoms with van der Waals surface area (Å²) in [4.78, 5) is 12.1. The van der Waals surface area contributed by atoms with Gasteiger partial charge in [-0.25, -0.2) is 4.79 Å². The molecule has 1 aliphatic rings. The van der Waals surface area contributed by atoms with Crippen molar-refractivity contribution in [3.05, 3.63) is 64.7 Å². The number of benzene rings is 2. The highest BCUT2D eigenvalue weighted by atomic mass is 19.4. The third-order valence-electron chi connectivity index (χ3n) is 4.34. The zero-order valence-corrected chi connectivity index (χ0v) is 14.0. The SMILES string of the molecule is O=C(Nc1cc(C(F)(F)F)cc(C(F)(F)F)c1)N[C@H]1c2ccccc2C[C@H]1O. The number of carbonyl (C=O) groups excluding carboxylic acids is 1. The third kappa shape index (κ3) is 4.22. The predicted molar refractivity (Wildman–Crippen MR) is 87.5 cm³/mol. The number of aliphatic hydroxyl groups is 1. The number of amides is 2. The molecular formula is C18H14F6N2O2. The average Bonchev–Trinajstić information content (AvgIpc) is 2.88. The predicted octanol–water partition coefficient (Wildman–Crippen LogP) is 4.50. The van der Waals surface area contributed by atoms with Crippen LogP contribution in [-0.2, 0) is 18.8 Å². The molecule has 0 spiro atoms. The molecule has 0 heterocycles. The van der Waals surface area contributed by atoms with Crippen LogP contribution in [0.1, 0.15) is 28.3 Å². The summed E-state index contributed by atoms with van der Waals surface area (Å²) in [5.41, 5.74) is -2.32. The van der Waals surface area contributed by atoms with Gasteiger partial charge >= 0.3 is 18.4 Å². The van der Waals surface area contributed by atoms with Gasteiger partial charge in [-0.3, -0.25) is 0 Å². The molecule has 0 aromatic heterocycles. The smallest absolute Gasteiger partial charge is 0.390 e. The van der Waals surface area contributed by atoms with E-state index in [0.717, 1.165) is 5.56 Å². The van der Waals surface area contributed by atoms with Crippen molar-refractivity contribution >= 4 is 11.7 Å². The van der Waals surface area contributed by atoms with Crippen molar-refractivity contribution < 1.29 is 36.2 Å². The number of carbonyl (C=O) groups is 1. The molecule has 0 aliphatic heterocycles. The van der Waals surface area contributed by atoms with E-state index in [4.69, 9.17) is 0 Å². The van der Waals surface area contributed by atoms with Gasteiger partial charge in [0, 0.05) is 12.1 Å². The van der Waals surface area contributed by atoms with Crippen molar-refractivity contribution in [3.63, 3.8) is 0 Å². The van der Waals surface area contributed by atoms with Gasteiger partial charge < -0.3 is 15.7 Å². The summed E-state index contributed by atoms with van der Waals surface area (Å²) in [6.45, 7) is 0. The van der Waals surface area contributed by atoms with Crippen LogP contribution in [-0.4, -0.2) is 17.2 Å². The Labute approximate surface area is 155 Å². The maximum Gasteiger partial charge on any atom is 0.416 e. The van der Waals surface area contributed by atoms with Crippen molar-refractivity contribution in [2.75, 3.05) is 5.32 Å². The minimum absolute atomic E-state index is 0.0277. The standard InChI is InChI=1S/C18H14F6N2O2/c19-17(20,21)10-6-11(18(22,23)24)8-12(7-10)25-16(28)26-15-13-4-2-1-3-9(13)5-14(15)27/h1-4,6-8,14-15,27H,5H2,(H2,25,26,28)/t14-,15+/m1/s1. The molecule has 0 radical (unpaired) electrons. The molecule has 2 aromatic carbocycles. The van der Waals surface area contributed by atoms with E-state index in [1.165, 1.54) is 0 Å². The van der Waals surface area contributed by atoms with Crippen molar-refractivity contribution in [1.29, 1.82) is 0 Å². The van der Waals surface area contributed by atoms with Crippen LogP contribution in [0.3, 0.4) is 0 Å². The van der Waals surface area contributed by atoms with E-state index in [1.54, 1.807) is 24.3 Å². The van der Waals surface area contributed by atoms with Crippen molar-refractivity contribution in [2.45, 2.75) is 30.9 Å². The molecule has 0 unspecified atom stereocenters. The summed E-state index contributed by atoms with van der Waals surface area (Å²) >= 11 is 0. The fraction of sp³-hybridized carbons (Fsp3) is 0.278. The van der Waals surface area contributed by atoms with E-state index in [2.05, 4.69) is 5.32 Å². The molecule has 2 aromatic rings. The number of alkyl halides is 6. The Morgan fingerprint density at radius 3 is 2.11 bits per heavy atom. The highest BCUT2D eigenvalue weighted by Crippen LogP contribution is 2.37. The Kier molecular flexibility index (Phi) is 5.00. The van der Waals surface area contributed by atoms with Crippen LogP contribution < -0.4 is 10.6 Å². The second kappa shape index (κ2) is 7.01. The molecule has 0 bridgehead atoms. The second-order valence-corrected chi connectivity index (χ2v) is 6.34. The van der Waals surface area contributed by atoms with E-state index < -0.39 is 47.3 Å². The minimum atomic E-state index is -5.02. The van der Waals surface area contributed by atoms with Gasteiger partial charge in [0.2, 0.25) is 0 Å². The number of hydrogen-bond acceptors (Lipinski definition) is 2. The monoisotopic (exact) mass is 404 g/mol. The largest absolute Gasteiger partial charge is 0.416 e. The van der Waals surface area contributed by atoms with Crippen LogP contribution in [0.2, 0.25) is 0 Å². The average molecular weight is 404 g/mol. The number of aliphatic hydroxyl groups excluding tert-OH is 1. The molecule has 0 fully saturated rings. The van der Waals surface area contributed by atoms with E-state index >= 15 is 0 Å². The first-order valence-electron chi connectivity index (χ1n) is 8.08. The normalized spacial score (nSPS) is 19.2. The van der Waals surface area contributed by atoms with Crippen LogP contribution in [0, 0.1) is 0 Å². The van der Waals surface area contributed by atoms with Gasteiger partial charge in [-0.15, -0.1) is 0 Å². The van der Waals surface area contributed by atoms with Crippen molar-refractivity contribution in [1.82, 2.24) is 5.32 Å². The number of nitrogens with one attached hydrogen (secondary N) is 2. The fourth-order valence-corrected chi connectivity index (χ4v) is 3.08. The highest BCUT2D eigenvalue weighted by molar-refractivity contribution is 5.90. The van der Waals surface area contributed by atoms with Crippen LogP contribution in [0.4, 0.5) is 36.8 Å². The van der Waals surface area contributed by atoms with E-state index in [9.17, 15) is 36.2 Å². The molecule has 2 atom stereocenters. The van der Waals surface area contributed by atoms with Gasteiger partial charge in [-0.05, 0) is 29.3 Å². The van der Waals surface area contributed by atoms with Crippen LogP contribution in [0.15, 0.2) is 42.5 Å². The first-order valence-corrected chi connectivity index (χ1v) is 8.08. The molecule has 10 heteroatoms. The summed E-state index contributed by atoms with van der Waals surface area (Å²) in [6, 6.07) is 5.78. The molecule has 2 amide bonds. The quantitative estimate of drug-likeness (QED) is 0.646. The highest BCUT2D eigenvalue weighted by Gasteiger charge is 2.37. The zero-order chi connectivity index (χ0) is 20.7. The number of hydrogen-bond donors (Lipinski definition) is 3. The van der Waals surface area contributed by atoms with Crippen molar-refractivity contribution in [2.24, 2.45) is 0 Å². The van der Waals surface area contributed by atoms with Gasteiger partial charge in [-0.1, -0.05) is 24.3 Å². The van der Waals surface area contributed by atoms with Gasteiger partial charge in [0.25, 0.3) is 0 Å². The van der Waals surface area contributed by atoms with Gasteiger partial charge in [-0.2, -0.15) is 26.3 Å². The molecule has 1 aliphatic carbocycles. The molecule has 4 nitrogen and oxygen atoms in total. The lowest BCUT2D eigenvalue weighted by Gasteiger charge is -2.19. The number of halogens is 6. The first kappa shape index (κ1) is 20.0. The molecule has 150 valence electrons. The summed E-state index contributed by atoms with van der Waals surface area (Å²) < 4.78 is 77.3. The summed E-state index contributed by atoms with van der Waals surface area (Å²) in [7, 11) is 0. The third-order valence-corrected chi connectivity index (χ3v) is 4.34. The lowest BCUT2D eigenvalue weighted by Crippen LogP contribution is -2.36. The molecule has 3 rings (SSSR count). The van der Waals surface area contributed by atoms with E-state index in [1.807, 2.05) is 5.32 Å². The van der Waals surface area contributed by atoms with Crippen LogP contribution in [0.25, 0.3) is 0 Å². The van der Waals surface area contributed by atoms with E-state index in [0.29, 0.717) is 17.7 Å². The number of anilines is 1. The van der Waals surface area contributed by atoms with Gasteiger partial charge in [0.1, 0.15) is 0 Å². The topological polar surface area (TPSA) is 61.4 Å². The number of fused-ring (bicyclic) bond motifs is 1. The van der Waals surface area contributed by atoms with E-state index in [-0.39, 0.29) is 12.5 Å². The Morgan fingerprint density at radius 1 is 0.964 bits per heavy atom. The molecular weight excluding hydrogens is 390 g/mol. The summed E-state index contributed by atoms with van der Waals surface area (Å²) in [5, 5.41) is 14.5. The summed E-state index contributed by atoms with van der Waals surface area (Å²) in [6.07, 6.45) is -10.7. The van der Waals surface area contributed by atoms with Gasteiger partial charge in [0.05, 0.1) is 23.3 Å².